The number of hydrogen-bond donors (Lipinski definition) is 1. The Labute approximate surface area is 127 Å². The maximum Gasteiger partial charge on any atom is 0.257 e. The van der Waals surface area contributed by atoms with Crippen LogP contribution in [0.1, 0.15) is 49.4 Å². The van der Waals surface area contributed by atoms with Crippen molar-refractivity contribution < 1.29 is 4.79 Å². The van der Waals surface area contributed by atoms with Crippen molar-refractivity contribution in [1.29, 1.82) is 0 Å². The van der Waals surface area contributed by atoms with Gasteiger partial charge in [0, 0.05) is 25.2 Å². The van der Waals surface area contributed by atoms with Gasteiger partial charge in [-0.05, 0) is 37.8 Å². The fourth-order valence-corrected chi connectivity index (χ4v) is 2.43. The number of guanidine groups is 1. The van der Waals surface area contributed by atoms with Gasteiger partial charge in [-0.3, -0.25) is 15.1 Å². The largest absolute Gasteiger partial charge is 0.343 e. The number of nitrogens with one attached hydrogen (secondary N) is 1. The van der Waals surface area contributed by atoms with Gasteiger partial charge in [0.05, 0.1) is 0 Å². The first-order valence-corrected chi connectivity index (χ1v) is 7.97. The molecule has 1 saturated heterocycles. The number of rotatable bonds is 4. The predicted molar refractivity (Wildman–Crippen MR) is 86.5 cm³/mol. The Morgan fingerprint density at radius 2 is 1.90 bits per heavy atom. The first-order chi connectivity index (χ1) is 10.3. The number of carbonyl (C=O) groups is 1. The average molecular weight is 287 g/mol. The molecule has 1 aromatic rings. The topological polar surface area (TPSA) is 44.7 Å². The van der Waals surface area contributed by atoms with Crippen LogP contribution in [0, 0.1) is 0 Å². The van der Waals surface area contributed by atoms with Gasteiger partial charge >= 0.3 is 0 Å². The van der Waals surface area contributed by atoms with Gasteiger partial charge in [0.1, 0.15) is 0 Å². The summed E-state index contributed by atoms with van der Waals surface area (Å²) in [6.07, 6.45) is 5.79. The summed E-state index contributed by atoms with van der Waals surface area (Å²) in [5, 5.41) is 3.00. The molecule has 0 saturated carbocycles. The molecule has 1 aliphatic heterocycles. The minimum atomic E-state index is -0.0728. The number of unbranched alkanes of at least 4 members (excludes halogenated alkanes) is 1. The molecule has 1 aliphatic rings. The fourth-order valence-electron chi connectivity index (χ4n) is 2.43. The molecule has 114 valence electrons. The Morgan fingerprint density at radius 3 is 2.57 bits per heavy atom. The average Bonchev–Trinajstić information content (AvgIpc) is 2.55. The van der Waals surface area contributed by atoms with Crippen molar-refractivity contribution in [2.45, 2.75) is 39.0 Å². The van der Waals surface area contributed by atoms with Crippen LogP contribution in [-0.4, -0.2) is 36.4 Å². The van der Waals surface area contributed by atoms with Crippen molar-refractivity contribution in [2.24, 2.45) is 4.99 Å². The second kappa shape index (κ2) is 8.45. The van der Waals surface area contributed by atoms with Crippen LogP contribution in [0.25, 0.3) is 0 Å². The lowest BCUT2D eigenvalue weighted by molar-refractivity contribution is 0.0971. The van der Waals surface area contributed by atoms with Gasteiger partial charge in [-0.25, -0.2) is 0 Å². The second-order valence-corrected chi connectivity index (χ2v) is 5.43. The minimum Gasteiger partial charge on any atom is -0.343 e. The van der Waals surface area contributed by atoms with E-state index in [-0.39, 0.29) is 5.91 Å². The quantitative estimate of drug-likeness (QED) is 0.525. The molecule has 21 heavy (non-hydrogen) atoms. The van der Waals surface area contributed by atoms with Gasteiger partial charge in [0.15, 0.2) is 0 Å². The van der Waals surface area contributed by atoms with Crippen molar-refractivity contribution in [1.82, 2.24) is 10.2 Å². The molecule has 1 heterocycles. The van der Waals surface area contributed by atoms with Gasteiger partial charge in [-0.15, -0.1) is 0 Å². The molecule has 0 aromatic heterocycles. The van der Waals surface area contributed by atoms with Crippen molar-refractivity contribution >= 4 is 11.9 Å². The van der Waals surface area contributed by atoms with E-state index in [9.17, 15) is 4.79 Å². The predicted octanol–water partition coefficient (Wildman–Crippen LogP) is 3.06. The molecule has 0 aliphatic carbocycles. The molecule has 1 N–H and O–H groups in total. The van der Waals surface area contributed by atoms with Crippen molar-refractivity contribution in [2.75, 3.05) is 19.6 Å². The molecular weight excluding hydrogens is 262 g/mol. The lowest BCUT2D eigenvalue weighted by atomic mass is 10.1. The van der Waals surface area contributed by atoms with E-state index in [4.69, 9.17) is 0 Å². The van der Waals surface area contributed by atoms with Crippen LogP contribution in [0.4, 0.5) is 0 Å². The summed E-state index contributed by atoms with van der Waals surface area (Å²) in [6, 6.07) is 9.33. The van der Waals surface area contributed by atoms with E-state index >= 15 is 0 Å². The summed E-state index contributed by atoms with van der Waals surface area (Å²) in [4.78, 5) is 19.1. The summed E-state index contributed by atoms with van der Waals surface area (Å²) >= 11 is 0. The van der Waals surface area contributed by atoms with Crippen LogP contribution in [-0.2, 0) is 0 Å². The van der Waals surface area contributed by atoms with Crippen LogP contribution >= 0.6 is 0 Å². The number of likely N-dealkylation sites (tertiary alicyclic amines) is 1. The van der Waals surface area contributed by atoms with Crippen LogP contribution in [0.15, 0.2) is 35.3 Å². The zero-order chi connectivity index (χ0) is 14.9. The van der Waals surface area contributed by atoms with Gasteiger partial charge in [0.2, 0.25) is 5.96 Å². The standard InChI is InChI=1S/C17H25N3O/c1-2-3-12-18-17(20-13-8-5-9-14-20)19-16(21)15-10-6-4-7-11-15/h4,6-7,10-11H,2-3,5,8-9,12-14H2,1H3,(H,18,19,21). The van der Waals surface area contributed by atoms with E-state index in [1.807, 2.05) is 30.3 Å². The highest BCUT2D eigenvalue weighted by atomic mass is 16.1. The zero-order valence-electron chi connectivity index (χ0n) is 12.8. The SMILES string of the molecule is CCCCN=C(NC(=O)c1ccccc1)N1CCCCC1. The van der Waals surface area contributed by atoms with Crippen LogP contribution in [0.2, 0.25) is 0 Å². The molecule has 4 heteroatoms. The van der Waals surface area contributed by atoms with E-state index in [2.05, 4.69) is 22.1 Å². The van der Waals surface area contributed by atoms with Crippen LogP contribution in [0.3, 0.4) is 0 Å². The minimum absolute atomic E-state index is 0.0728. The molecule has 0 radical (unpaired) electrons. The molecule has 0 bridgehead atoms. The highest BCUT2D eigenvalue weighted by Gasteiger charge is 2.17. The third-order valence-electron chi connectivity index (χ3n) is 3.69. The number of nitrogens with zero attached hydrogens (tertiary/aromatic N) is 2. The molecule has 1 aromatic carbocycles. The maximum absolute atomic E-state index is 12.3. The molecule has 1 fully saturated rings. The van der Waals surface area contributed by atoms with E-state index in [0.717, 1.165) is 38.4 Å². The number of aliphatic imine (C=N–C) groups is 1. The summed E-state index contributed by atoms with van der Waals surface area (Å²) in [5.74, 6) is 0.674. The number of carbonyl (C=O) groups excluding carboxylic acids is 1. The van der Waals surface area contributed by atoms with Crippen molar-refractivity contribution in [3.63, 3.8) is 0 Å². The molecule has 0 unspecified atom stereocenters. The van der Waals surface area contributed by atoms with E-state index in [1.54, 1.807) is 0 Å². The lowest BCUT2D eigenvalue weighted by Gasteiger charge is -2.29. The lowest BCUT2D eigenvalue weighted by Crippen LogP contribution is -2.46. The molecule has 1 amide bonds. The molecule has 4 nitrogen and oxygen atoms in total. The highest BCUT2D eigenvalue weighted by Crippen LogP contribution is 2.09. The Morgan fingerprint density at radius 1 is 1.19 bits per heavy atom. The van der Waals surface area contributed by atoms with E-state index in [0.29, 0.717) is 5.56 Å². The molecule has 0 spiro atoms. The smallest absolute Gasteiger partial charge is 0.257 e. The number of piperidine rings is 1. The second-order valence-electron chi connectivity index (χ2n) is 5.43. The Balaban J connectivity index is 2.04. The van der Waals surface area contributed by atoms with Crippen LogP contribution < -0.4 is 5.32 Å². The fraction of sp³-hybridized carbons (Fsp3) is 0.529. The number of amides is 1. The van der Waals surface area contributed by atoms with Crippen LogP contribution in [0.5, 0.6) is 0 Å². The summed E-state index contributed by atoms with van der Waals surface area (Å²) < 4.78 is 0. The first-order valence-electron chi connectivity index (χ1n) is 7.97. The number of hydrogen-bond acceptors (Lipinski definition) is 2. The third-order valence-corrected chi connectivity index (χ3v) is 3.69. The first kappa shape index (κ1) is 15.5. The van der Waals surface area contributed by atoms with Crippen molar-refractivity contribution in [3.05, 3.63) is 35.9 Å². The Bertz CT molecular complexity index is 464. The molecule has 0 atom stereocenters. The Kier molecular flexibility index (Phi) is 6.25. The summed E-state index contributed by atoms with van der Waals surface area (Å²) in [5.41, 5.74) is 0.678. The van der Waals surface area contributed by atoms with Gasteiger partial charge in [-0.1, -0.05) is 31.5 Å². The summed E-state index contributed by atoms with van der Waals surface area (Å²) in [7, 11) is 0. The zero-order valence-corrected chi connectivity index (χ0v) is 12.8. The molecule has 2 rings (SSSR count). The normalized spacial score (nSPS) is 15.9. The molecular formula is C17H25N3O. The van der Waals surface area contributed by atoms with Gasteiger partial charge in [-0.2, -0.15) is 0 Å². The Hall–Kier alpha value is -1.84. The maximum atomic E-state index is 12.3. The van der Waals surface area contributed by atoms with E-state index < -0.39 is 0 Å². The monoisotopic (exact) mass is 287 g/mol. The summed E-state index contributed by atoms with van der Waals surface area (Å²) in [6.45, 7) is 4.90. The third kappa shape index (κ3) is 4.88. The van der Waals surface area contributed by atoms with Crippen molar-refractivity contribution in [3.8, 4) is 0 Å². The number of benzene rings is 1. The highest BCUT2D eigenvalue weighted by molar-refractivity contribution is 6.05. The van der Waals surface area contributed by atoms with E-state index in [1.165, 1.54) is 19.3 Å². The van der Waals surface area contributed by atoms with Gasteiger partial charge < -0.3 is 4.90 Å². The van der Waals surface area contributed by atoms with Gasteiger partial charge in [0.25, 0.3) is 5.91 Å².